The number of methoxy groups -OCH3 is 1. The van der Waals surface area contributed by atoms with Crippen LogP contribution < -0.4 is 15.2 Å². The van der Waals surface area contributed by atoms with Crippen LogP contribution in [0.3, 0.4) is 0 Å². The molecule has 0 amide bonds. The Kier molecular flexibility index (Phi) is 3.09. The molecule has 0 aliphatic carbocycles. The average molecular weight is 231 g/mol. The topological polar surface area (TPSA) is 70.3 Å². The second-order valence-corrected chi connectivity index (χ2v) is 3.52. The second kappa shape index (κ2) is 4.69. The van der Waals surface area contributed by atoms with Gasteiger partial charge in [0.2, 0.25) is 5.88 Å². The lowest BCUT2D eigenvalue weighted by atomic mass is 10.3. The summed E-state index contributed by atoms with van der Waals surface area (Å²) in [6, 6.07) is 8.77. The number of aromatic nitrogens is 2. The van der Waals surface area contributed by atoms with Crippen molar-refractivity contribution >= 4 is 5.69 Å². The van der Waals surface area contributed by atoms with E-state index in [2.05, 4.69) is 10.2 Å². The molecule has 0 saturated carbocycles. The summed E-state index contributed by atoms with van der Waals surface area (Å²) in [4.78, 5) is 0. The van der Waals surface area contributed by atoms with Crippen LogP contribution in [-0.4, -0.2) is 17.3 Å². The molecular formula is C12H13N3O2. The SMILES string of the molecule is COc1ccc(Oc2ccc(C)nn2)cc1N. The molecule has 0 atom stereocenters. The van der Waals surface area contributed by atoms with Crippen LogP contribution in [0.1, 0.15) is 5.69 Å². The smallest absolute Gasteiger partial charge is 0.238 e. The summed E-state index contributed by atoms with van der Waals surface area (Å²) in [5.74, 6) is 1.65. The summed E-state index contributed by atoms with van der Waals surface area (Å²) in [6.45, 7) is 1.86. The molecule has 5 heteroatoms. The summed E-state index contributed by atoms with van der Waals surface area (Å²) >= 11 is 0. The number of nitrogens with two attached hydrogens (primary N) is 1. The summed E-state index contributed by atoms with van der Waals surface area (Å²) in [7, 11) is 1.57. The van der Waals surface area contributed by atoms with Crippen molar-refractivity contribution in [1.82, 2.24) is 10.2 Å². The number of nitrogens with zero attached hydrogens (tertiary/aromatic N) is 2. The molecule has 2 rings (SSSR count). The minimum Gasteiger partial charge on any atom is -0.495 e. The predicted octanol–water partition coefficient (Wildman–Crippen LogP) is 2.17. The highest BCUT2D eigenvalue weighted by molar-refractivity contribution is 5.56. The van der Waals surface area contributed by atoms with Gasteiger partial charge in [0.1, 0.15) is 11.5 Å². The van der Waals surface area contributed by atoms with Crippen LogP contribution in [0.2, 0.25) is 0 Å². The van der Waals surface area contributed by atoms with Crippen LogP contribution in [-0.2, 0) is 0 Å². The Morgan fingerprint density at radius 1 is 1.12 bits per heavy atom. The largest absolute Gasteiger partial charge is 0.495 e. The van der Waals surface area contributed by atoms with E-state index in [1.54, 1.807) is 31.4 Å². The van der Waals surface area contributed by atoms with E-state index in [4.69, 9.17) is 15.2 Å². The number of aryl methyl sites for hydroxylation is 1. The van der Waals surface area contributed by atoms with Crippen LogP contribution in [0.4, 0.5) is 5.69 Å². The van der Waals surface area contributed by atoms with Crippen LogP contribution in [0.25, 0.3) is 0 Å². The lowest BCUT2D eigenvalue weighted by molar-refractivity contribution is 0.414. The van der Waals surface area contributed by atoms with E-state index in [1.165, 1.54) is 0 Å². The second-order valence-electron chi connectivity index (χ2n) is 3.52. The summed E-state index contributed by atoms with van der Waals surface area (Å²) in [6.07, 6.45) is 0. The van der Waals surface area contributed by atoms with Crippen molar-refractivity contribution in [3.8, 4) is 17.4 Å². The van der Waals surface area contributed by atoms with E-state index in [0.29, 0.717) is 23.1 Å². The Labute approximate surface area is 99.2 Å². The highest BCUT2D eigenvalue weighted by atomic mass is 16.5. The van der Waals surface area contributed by atoms with Crippen molar-refractivity contribution in [1.29, 1.82) is 0 Å². The van der Waals surface area contributed by atoms with E-state index >= 15 is 0 Å². The van der Waals surface area contributed by atoms with Gasteiger partial charge in [-0.3, -0.25) is 0 Å². The number of hydrogen-bond acceptors (Lipinski definition) is 5. The van der Waals surface area contributed by atoms with Gasteiger partial charge in [-0.2, -0.15) is 5.10 Å². The highest BCUT2D eigenvalue weighted by Gasteiger charge is 2.03. The van der Waals surface area contributed by atoms with E-state index in [-0.39, 0.29) is 0 Å². The predicted molar refractivity (Wildman–Crippen MR) is 64.2 cm³/mol. The van der Waals surface area contributed by atoms with E-state index in [1.807, 2.05) is 13.0 Å². The van der Waals surface area contributed by atoms with Gasteiger partial charge in [-0.15, -0.1) is 5.10 Å². The van der Waals surface area contributed by atoms with Crippen molar-refractivity contribution in [3.05, 3.63) is 36.0 Å². The Bertz CT molecular complexity index is 512. The fourth-order valence-corrected chi connectivity index (χ4v) is 1.34. The number of anilines is 1. The third kappa shape index (κ3) is 2.63. The molecule has 0 spiro atoms. The lowest BCUT2D eigenvalue weighted by Gasteiger charge is -2.07. The van der Waals surface area contributed by atoms with E-state index in [9.17, 15) is 0 Å². The molecule has 0 radical (unpaired) electrons. The first-order chi connectivity index (χ1) is 8.19. The van der Waals surface area contributed by atoms with Crippen molar-refractivity contribution in [2.45, 2.75) is 6.92 Å². The Hall–Kier alpha value is -2.30. The maximum Gasteiger partial charge on any atom is 0.238 e. The molecule has 1 aromatic carbocycles. The van der Waals surface area contributed by atoms with Gasteiger partial charge in [-0.1, -0.05) is 0 Å². The first kappa shape index (κ1) is 11.2. The van der Waals surface area contributed by atoms with Crippen LogP contribution in [0.15, 0.2) is 30.3 Å². The minimum atomic E-state index is 0.431. The Morgan fingerprint density at radius 2 is 1.94 bits per heavy atom. The highest BCUT2D eigenvalue weighted by Crippen LogP contribution is 2.28. The maximum absolute atomic E-state index is 5.77. The first-order valence-corrected chi connectivity index (χ1v) is 5.11. The number of ether oxygens (including phenoxy) is 2. The van der Waals surface area contributed by atoms with Gasteiger partial charge in [0, 0.05) is 12.1 Å². The van der Waals surface area contributed by atoms with Crippen LogP contribution >= 0.6 is 0 Å². The molecule has 1 aromatic heterocycles. The van der Waals surface area contributed by atoms with Gasteiger partial charge in [0.15, 0.2) is 0 Å². The van der Waals surface area contributed by atoms with Crippen LogP contribution in [0, 0.1) is 6.92 Å². The molecule has 0 unspecified atom stereocenters. The number of benzene rings is 1. The zero-order valence-corrected chi connectivity index (χ0v) is 9.68. The number of rotatable bonds is 3. The fourth-order valence-electron chi connectivity index (χ4n) is 1.34. The lowest BCUT2D eigenvalue weighted by Crippen LogP contribution is -1.95. The summed E-state index contributed by atoms with van der Waals surface area (Å²) < 4.78 is 10.6. The van der Waals surface area contributed by atoms with Gasteiger partial charge in [0.05, 0.1) is 18.5 Å². The van der Waals surface area contributed by atoms with Gasteiger partial charge < -0.3 is 15.2 Å². The zero-order valence-electron chi connectivity index (χ0n) is 9.68. The minimum absolute atomic E-state index is 0.431. The van der Waals surface area contributed by atoms with E-state index in [0.717, 1.165) is 5.69 Å². The van der Waals surface area contributed by atoms with Crippen molar-refractivity contribution in [3.63, 3.8) is 0 Å². The normalized spacial score (nSPS) is 10.0. The zero-order chi connectivity index (χ0) is 12.3. The number of nitrogen functional groups attached to an aromatic ring is 1. The first-order valence-electron chi connectivity index (χ1n) is 5.11. The molecular weight excluding hydrogens is 218 g/mol. The van der Waals surface area contributed by atoms with E-state index < -0.39 is 0 Å². The van der Waals surface area contributed by atoms with Gasteiger partial charge in [-0.05, 0) is 25.1 Å². The Morgan fingerprint density at radius 3 is 2.53 bits per heavy atom. The molecule has 5 nitrogen and oxygen atoms in total. The third-order valence-corrected chi connectivity index (χ3v) is 2.20. The molecule has 0 aliphatic rings. The molecule has 0 bridgehead atoms. The standard InChI is InChI=1S/C12H13N3O2/c1-8-3-6-12(15-14-8)17-9-4-5-11(16-2)10(13)7-9/h3-7H,13H2,1-2H3. The fraction of sp³-hybridized carbons (Fsp3) is 0.167. The molecule has 2 aromatic rings. The van der Waals surface area contributed by atoms with Crippen molar-refractivity contribution < 1.29 is 9.47 Å². The molecule has 2 N–H and O–H groups in total. The monoisotopic (exact) mass is 231 g/mol. The van der Waals surface area contributed by atoms with Crippen molar-refractivity contribution in [2.75, 3.05) is 12.8 Å². The van der Waals surface area contributed by atoms with Gasteiger partial charge in [-0.25, -0.2) is 0 Å². The van der Waals surface area contributed by atoms with Crippen molar-refractivity contribution in [2.24, 2.45) is 0 Å². The molecule has 88 valence electrons. The molecule has 0 aliphatic heterocycles. The molecule has 17 heavy (non-hydrogen) atoms. The summed E-state index contributed by atoms with van der Waals surface area (Å²) in [5.41, 5.74) is 7.13. The number of hydrogen-bond donors (Lipinski definition) is 1. The molecule has 1 heterocycles. The average Bonchev–Trinajstić information content (AvgIpc) is 2.32. The van der Waals surface area contributed by atoms with Gasteiger partial charge >= 0.3 is 0 Å². The molecule has 0 fully saturated rings. The summed E-state index contributed by atoms with van der Waals surface area (Å²) in [5, 5.41) is 7.80. The Balaban J connectivity index is 2.19. The third-order valence-electron chi connectivity index (χ3n) is 2.20. The van der Waals surface area contributed by atoms with Crippen LogP contribution in [0.5, 0.6) is 17.4 Å². The maximum atomic E-state index is 5.77. The van der Waals surface area contributed by atoms with Gasteiger partial charge in [0.25, 0.3) is 0 Å². The quantitative estimate of drug-likeness (QED) is 0.820. The molecule has 0 saturated heterocycles.